The van der Waals surface area contributed by atoms with Gasteiger partial charge in [-0.1, -0.05) is 30.3 Å². The summed E-state index contributed by atoms with van der Waals surface area (Å²) in [5.41, 5.74) is 1.71. The Bertz CT molecular complexity index is 742. The van der Waals surface area contributed by atoms with Gasteiger partial charge in [-0.15, -0.1) is 0 Å². The second-order valence-electron chi connectivity index (χ2n) is 6.37. The maximum Gasteiger partial charge on any atom is 0.387 e. The van der Waals surface area contributed by atoms with Crippen LogP contribution in [0.15, 0.2) is 59.6 Å². The number of ether oxygens (including phenoxy) is 1. The Morgan fingerprint density at radius 1 is 1.10 bits per heavy atom. The van der Waals surface area contributed by atoms with Crippen molar-refractivity contribution in [2.24, 2.45) is 4.99 Å². The summed E-state index contributed by atoms with van der Waals surface area (Å²) in [4.78, 5) is 6.54. The van der Waals surface area contributed by atoms with E-state index < -0.39 is 12.7 Å². The van der Waals surface area contributed by atoms with Gasteiger partial charge in [0.1, 0.15) is 5.75 Å². The third-order valence-corrected chi connectivity index (χ3v) is 4.19. The van der Waals surface area contributed by atoms with E-state index in [4.69, 9.17) is 0 Å². The second kappa shape index (κ2) is 11.9. The lowest BCUT2D eigenvalue weighted by Crippen LogP contribution is -2.41. The lowest BCUT2D eigenvalue weighted by Gasteiger charge is -2.20. The summed E-state index contributed by atoms with van der Waals surface area (Å²) < 4.78 is 28.7. The first-order chi connectivity index (χ1) is 14.0. The van der Waals surface area contributed by atoms with Gasteiger partial charge in [-0.3, -0.25) is 4.99 Å². The van der Waals surface area contributed by atoms with Crippen LogP contribution in [0, 0.1) is 0 Å². The van der Waals surface area contributed by atoms with Crippen molar-refractivity contribution in [3.05, 3.63) is 60.2 Å². The Morgan fingerprint density at radius 3 is 2.41 bits per heavy atom. The Kier molecular flexibility index (Phi) is 9.17. The number of hydrogen-bond acceptors (Lipinski definition) is 4. The van der Waals surface area contributed by atoms with Crippen molar-refractivity contribution in [2.45, 2.75) is 19.6 Å². The van der Waals surface area contributed by atoms with Crippen LogP contribution in [0.3, 0.4) is 0 Å². The summed E-state index contributed by atoms with van der Waals surface area (Å²) in [6.07, 6.45) is -0.849. The van der Waals surface area contributed by atoms with Gasteiger partial charge in [-0.2, -0.15) is 8.78 Å². The molecule has 3 N–H and O–H groups in total. The van der Waals surface area contributed by atoms with Crippen molar-refractivity contribution in [1.29, 1.82) is 0 Å². The second-order valence-corrected chi connectivity index (χ2v) is 6.37. The van der Waals surface area contributed by atoms with E-state index in [0.717, 1.165) is 12.2 Å². The van der Waals surface area contributed by atoms with E-state index in [1.807, 2.05) is 44.3 Å². The number of para-hydroxylation sites is 1. The number of aliphatic imine (C=N–C) groups is 1. The molecule has 0 saturated heterocycles. The average molecular weight is 406 g/mol. The molecule has 6 nitrogen and oxygen atoms in total. The molecule has 2 rings (SSSR count). The summed E-state index contributed by atoms with van der Waals surface area (Å²) in [5.74, 6) is 0.655. The largest absolute Gasteiger partial charge is 0.435 e. The van der Waals surface area contributed by atoms with E-state index in [-0.39, 0.29) is 12.3 Å². The minimum atomic E-state index is -2.87. The number of anilines is 1. The zero-order valence-corrected chi connectivity index (χ0v) is 16.7. The molecule has 0 aliphatic rings. The highest BCUT2D eigenvalue weighted by atomic mass is 19.3. The minimum absolute atomic E-state index is 0.0528. The van der Waals surface area contributed by atoms with Crippen molar-refractivity contribution in [3.8, 4) is 5.75 Å². The Morgan fingerprint density at radius 2 is 1.79 bits per heavy atom. The van der Waals surface area contributed by atoms with E-state index in [2.05, 4.69) is 25.3 Å². The normalized spacial score (nSPS) is 12.6. The molecule has 2 aromatic rings. The summed E-state index contributed by atoms with van der Waals surface area (Å²) in [6.45, 7) is 1.38. The predicted octanol–water partition coefficient (Wildman–Crippen LogP) is 3.01. The Hall–Kier alpha value is -2.87. The van der Waals surface area contributed by atoms with E-state index in [0.29, 0.717) is 24.6 Å². The van der Waals surface area contributed by atoms with Gasteiger partial charge in [0.2, 0.25) is 0 Å². The van der Waals surface area contributed by atoms with Crippen LogP contribution in [0.25, 0.3) is 0 Å². The molecular formula is C21H28F2N4O2. The molecule has 0 spiro atoms. The van der Waals surface area contributed by atoms with Gasteiger partial charge in [-0.05, 0) is 36.8 Å². The number of nitrogens with zero attached hydrogens (tertiary/aromatic N) is 2. The van der Waals surface area contributed by atoms with Crippen LogP contribution in [-0.2, 0) is 0 Å². The number of alkyl halides is 2. The monoisotopic (exact) mass is 406 g/mol. The number of nitrogens with one attached hydrogen (secondary N) is 2. The Labute approximate surface area is 170 Å². The zero-order chi connectivity index (χ0) is 21.1. The summed E-state index contributed by atoms with van der Waals surface area (Å²) in [5, 5.41) is 16.7. The number of guanidine groups is 1. The summed E-state index contributed by atoms with van der Waals surface area (Å²) >= 11 is 0. The number of hydrogen-bond donors (Lipinski definition) is 3. The fraction of sp³-hybridized carbons (Fsp3) is 0.381. The molecule has 0 aromatic heterocycles. The highest BCUT2D eigenvalue weighted by molar-refractivity contribution is 5.79. The highest BCUT2D eigenvalue weighted by Gasteiger charge is 2.10. The maximum absolute atomic E-state index is 12.2. The van der Waals surface area contributed by atoms with Gasteiger partial charge >= 0.3 is 6.61 Å². The molecule has 1 unspecified atom stereocenters. The topological polar surface area (TPSA) is 69.1 Å². The molecule has 0 heterocycles. The van der Waals surface area contributed by atoms with Crippen LogP contribution < -0.4 is 20.3 Å². The Balaban J connectivity index is 1.85. The van der Waals surface area contributed by atoms with Gasteiger partial charge in [0, 0.05) is 32.4 Å². The molecule has 0 radical (unpaired) electrons. The van der Waals surface area contributed by atoms with Crippen molar-refractivity contribution in [2.75, 3.05) is 38.1 Å². The van der Waals surface area contributed by atoms with Crippen LogP contribution in [-0.4, -0.2) is 50.9 Å². The number of aliphatic hydroxyl groups excluding tert-OH is 1. The summed E-state index contributed by atoms with van der Waals surface area (Å²) in [6, 6.07) is 16.0. The third kappa shape index (κ3) is 7.95. The first-order valence-corrected chi connectivity index (χ1v) is 9.50. The smallest absolute Gasteiger partial charge is 0.387 e. The van der Waals surface area contributed by atoms with Crippen LogP contribution in [0.1, 0.15) is 18.6 Å². The molecule has 0 amide bonds. The number of rotatable bonds is 10. The first-order valence-electron chi connectivity index (χ1n) is 9.50. The average Bonchev–Trinajstić information content (AvgIpc) is 2.72. The first kappa shape index (κ1) is 22.4. The van der Waals surface area contributed by atoms with E-state index in [1.165, 1.54) is 12.1 Å². The van der Waals surface area contributed by atoms with E-state index in [9.17, 15) is 13.9 Å². The number of likely N-dealkylation sites (N-methyl/N-ethyl adjacent to an activating group) is 1. The number of halogens is 2. The van der Waals surface area contributed by atoms with Crippen molar-refractivity contribution >= 4 is 11.6 Å². The van der Waals surface area contributed by atoms with E-state index in [1.54, 1.807) is 12.1 Å². The molecule has 158 valence electrons. The molecule has 0 fully saturated rings. The molecule has 8 heteroatoms. The number of aliphatic hydroxyl groups is 1. The van der Waals surface area contributed by atoms with Crippen molar-refractivity contribution < 1.29 is 18.6 Å². The SMILES string of the molecule is CCNC(=NCC(O)c1ccc(OC(F)F)cc1)NCCN(C)c1ccccc1. The van der Waals surface area contributed by atoms with Crippen LogP contribution in [0.4, 0.5) is 14.5 Å². The fourth-order valence-electron chi connectivity index (χ4n) is 2.65. The zero-order valence-electron chi connectivity index (χ0n) is 16.7. The molecule has 0 saturated carbocycles. The van der Waals surface area contributed by atoms with E-state index >= 15 is 0 Å². The molecule has 0 aliphatic heterocycles. The van der Waals surface area contributed by atoms with Gasteiger partial charge in [0.05, 0.1) is 12.6 Å². The molecular weight excluding hydrogens is 378 g/mol. The van der Waals surface area contributed by atoms with Gasteiger partial charge < -0.3 is 25.4 Å². The molecule has 2 aromatic carbocycles. The highest BCUT2D eigenvalue weighted by Crippen LogP contribution is 2.19. The quantitative estimate of drug-likeness (QED) is 0.418. The predicted molar refractivity (Wildman–Crippen MR) is 112 cm³/mol. The molecule has 1 atom stereocenters. The standard InChI is InChI=1S/C21H28F2N4O2/c1-3-24-21(25-13-14-27(2)17-7-5-4-6-8-17)26-15-19(28)16-9-11-18(12-10-16)29-20(22)23/h4-12,19-20,28H,3,13-15H2,1-2H3,(H2,24,25,26). The maximum atomic E-state index is 12.2. The van der Waals surface area contributed by atoms with Crippen LogP contribution >= 0.6 is 0 Å². The van der Waals surface area contributed by atoms with Crippen molar-refractivity contribution in [3.63, 3.8) is 0 Å². The molecule has 29 heavy (non-hydrogen) atoms. The van der Waals surface area contributed by atoms with Gasteiger partial charge in [0.25, 0.3) is 0 Å². The summed E-state index contributed by atoms with van der Waals surface area (Å²) in [7, 11) is 2.02. The van der Waals surface area contributed by atoms with Gasteiger partial charge in [-0.25, -0.2) is 0 Å². The fourth-order valence-corrected chi connectivity index (χ4v) is 2.65. The van der Waals surface area contributed by atoms with Gasteiger partial charge in [0.15, 0.2) is 5.96 Å². The minimum Gasteiger partial charge on any atom is -0.435 e. The lowest BCUT2D eigenvalue weighted by molar-refractivity contribution is -0.0498. The molecule has 0 aliphatic carbocycles. The lowest BCUT2D eigenvalue weighted by atomic mass is 10.1. The molecule has 0 bridgehead atoms. The van der Waals surface area contributed by atoms with Crippen LogP contribution in [0.2, 0.25) is 0 Å². The van der Waals surface area contributed by atoms with Crippen LogP contribution in [0.5, 0.6) is 5.75 Å². The number of benzene rings is 2. The third-order valence-electron chi connectivity index (χ3n) is 4.19. The van der Waals surface area contributed by atoms with Crippen molar-refractivity contribution in [1.82, 2.24) is 10.6 Å².